The van der Waals surface area contributed by atoms with Crippen molar-refractivity contribution in [3.8, 4) is 5.75 Å². The highest BCUT2D eigenvalue weighted by Gasteiger charge is 2.21. The predicted octanol–water partition coefficient (Wildman–Crippen LogP) is 4.78. The van der Waals surface area contributed by atoms with Gasteiger partial charge < -0.3 is 19.7 Å². The van der Waals surface area contributed by atoms with Crippen molar-refractivity contribution in [1.82, 2.24) is 10.3 Å². The molecule has 5 rings (SSSR count). The van der Waals surface area contributed by atoms with E-state index in [9.17, 15) is 9.18 Å². The molecule has 174 valence electrons. The molecule has 2 aromatic carbocycles. The molecule has 0 atom stereocenters. The summed E-state index contributed by atoms with van der Waals surface area (Å²) in [6, 6.07) is 18.1. The van der Waals surface area contributed by atoms with Gasteiger partial charge in [-0.05, 0) is 42.0 Å². The summed E-state index contributed by atoms with van der Waals surface area (Å²) in [7, 11) is 0. The molecule has 6 nitrogen and oxygen atoms in total. The molecule has 3 heterocycles. The molecule has 0 saturated carbocycles. The summed E-state index contributed by atoms with van der Waals surface area (Å²) in [5, 5.41) is 3.42. The van der Waals surface area contributed by atoms with E-state index in [0.29, 0.717) is 41.3 Å². The maximum Gasteiger partial charge on any atom is 0.262 e. The number of halogens is 1. The standard InChI is InChI=1S/C26H24FN3O3S/c27-21-7-4-8-22-24(21)20(17-33-19-5-2-1-3-6-19)25(34-22)26(31)29-16-18-9-10-28-23(15-18)30-11-13-32-14-12-30/h1-10,15H,11-14,16-17H2,(H,29,31). The summed E-state index contributed by atoms with van der Waals surface area (Å²) in [6.45, 7) is 3.39. The minimum atomic E-state index is -0.358. The highest BCUT2D eigenvalue weighted by atomic mass is 32.1. The smallest absolute Gasteiger partial charge is 0.262 e. The molecule has 0 radical (unpaired) electrons. The Morgan fingerprint density at radius 2 is 1.94 bits per heavy atom. The lowest BCUT2D eigenvalue weighted by molar-refractivity contribution is 0.0953. The molecule has 4 aromatic rings. The summed E-state index contributed by atoms with van der Waals surface area (Å²) in [5.41, 5.74) is 1.50. The van der Waals surface area contributed by atoms with Crippen LogP contribution in [0.2, 0.25) is 0 Å². The van der Waals surface area contributed by atoms with E-state index in [1.54, 1.807) is 12.3 Å². The van der Waals surface area contributed by atoms with Gasteiger partial charge in [-0.15, -0.1) is 11.3 Å². The Morgan fingerprint density at radius 3 is 2.76 bits per heavy atom. The summed E-state index contributed by atoms with van der Waals surface area (Å²) >= 11 is 1.28. The SMILES string of the molecule is O=C(NCc1ccnc(N2CCOCC2)c1)c1sc2cccc(F)c2c1COc1ccccc1. The van der Waals surface area contributed by atoms with Gasteiger partial charge in [0.05, 0.1) is 18.1 Å². The van der Waals surface area contributed by atoms with Crippen molar-refractivity contribution >= 4 is 33.1 Å². The zero-order chi connectivity index (χ0) is 23.3. The Hall–Kier alpha value is -3.49. The number of anilines is 1. The Labute approximate surface area is 200 Å². The van der Waals surface area contributed by atoms with Gasteiger partial charge in [0.1, 0.15) is 24.0 Å². The number of hydrogen-bond acceptors (Lipinski definition) is 6. The molecule has 0 bridgehead atoms. The quantitative estimate of drug-likeness (QED) is 0.415. The van der Waals surface area contributed by atoms with Gasteiger partial charge in [0.15, 0.2) is 0 Å². The van der Waals surface area contributed by atoms with Gasteiger partial charge in [0, 0.05) is 41.5 Å². The highest BCUT2D eigenvalue weighted by molar-refractivity contribution is 7.21. The third-order valence-electron chi connectivity index (χ3n) is 5.69. The van der Waals surface area contributed by atoms with Gasteiger partial charge in [-0.2, -0.15) is 0 Å². The molecule has 1 amide bonds. The average molecular weight is 478 g/mol. The lowest BCUT2D eigenvalue weighted by Crippen LogP contribution is -2.36. The first-order valence-electron chi connectivity index (χ1n) is 11.1. The van der Waals surface area contributed by atoms with Crippen LogP contribution in [0.25, 0.3) is 10.1 Å². The molecule has 1 saturated heterocycles. The van der Waals surface area contributed by atoms with Crippen molar-refractivity contribution in [2.45, 2.75) is 13.2 Å². The third kappa shape index (κ3) is 4.88. The number of rotatable bonds is 7. The first-order valence-corrected chi connectivity index (χ1v) is 11.9. The molecule has 0 spiro atoms. The summed E-state index contributed by atoms with van der Waals surface area (Å²) in [6.07, 6.45) is 1.75. The van der Waals surface area contributed by atoms with E-state index >= 15 is 0 Å². The first kappa shape index (κ1) is 22.3. The van der Waals surface area contributed by atoms with Crippen molar-refractivity contribution < 1.29 is 18.7 Å². The summed E-state index contributed by atoms with van der Waals surface area (Å²) in [4.78, 5) is 20.3. The lowest BCUT2D eigenvalue weighted by atomic mass is 10.1. The van der Waals surface area contributed by atoms with Gasteiger partial charge in [0.2, 0.25) is 0 Å². The molecule has 1 fully saturated rings. The van der Waals surface area contributed by atoms with Crippen LogP contribution in [0.15, 0.2) is 66.9 Å². The second-order valence-corrected chi connectivity index (χ2v) is 8.98. The van der Waals surface area contributed by atoms with Crippen molar-refractivity contribution in [2.75, 3.05) is 31.2 Å². The molecule has 1 aliphatic heterocycles. The van der Waals surface area contributed by atoms with Crippen molar-refractivity contribution in [3.63, 3.8) is 0 Å². The van der Waals surface area contributed by atoms with Crippen LogP contribution in [0.4, 0.5) is 10.2 Å². The predicted molar refractivity (Wildman–Crippen MR) is 131 cm³/mol. The number of para-hydroxylation sites is 1. The Balaban J connectivity index is 1.35. The van der Waals surface area contributed by atoms with E-state index in [-0.39, 0.29) is 18.3 Å². The van der Waals surface area contributed by atoms with Gasteiger partial charge in [-0.3, -0.25) is 4.79 Å². The van der Waals surface area contributed by atoms with Crippen molar-refractivity contribution in [3.05, 3.63) is 88.7 Å². The average Bonchev–Trinajstić information content (AvgIpc) is 3.27. The molecule has 1 aliphatic rings. The molecule has 8 heteroatoms. The second kappa shape index (κ2) is 10.2. The summed E-state index contributed by atoms with van der Waals surface area (Å²) in [5.74, 6) is 0.925. The zero-order valence-corrected chi connectivity index (χ0v) is 19.3. The van der Waals surface area contributed by atoms with E-state index in [1.807, 2.05) is 48.5 Å². The fourth-order valence-corrected chi connectivity index (χ4v) is 5.10. The minimum absolute atomic E-state index is 0.101. The Kier molecular flexibility index (Phi) is 6.69. The molecule has 0 aliphatic carbocycles. The minimum Gasteiger partial charge on any atom is -0.489 e. The van der Waals surface area contributed by atoms with Crippen LogP contribution in [0.1, 0.15) is 20.8 Å². The number of pyridine rings is 1. The number of carbonyl (C=O) groups is 1. The number of aromatic nitrogens is 1. The molecule has 0 unspecified atom stereocenters. The number of hydrogen-bond donors (Lipinski definition) is 1. The zero-order valence-electron chi connectivity index (χ0n) is 18.5. The van der Waals surface area contributed by atoms with Crippen LogP contribution in [-0.4, -0.2) is 37.2 Å². The van der Waals surface area contributed by atoms with E-state index in [2.05, 4.69) is 15.2 Å². The highest BCUT2D eigenvalue weighted by Crippen LogP contribution is 2.34. The number of thiophene rings is 1. The topological polar surface area (TPSA) is 63.7 Å². The molecular formula is C26H24FN3O3S. The third-order valence-corrected chi connectivity index (χ3v) is 6.89. The number of nitrogens with one attached hydrogen (secondary N) is 1. The number of morpholine rings is 1. The number of fused-ring (bicyclic) bond motifs is 1. The van der Waals surface area contributed by atoms with Crippen molar-refractivity contribution in [2.24, 2.45) is 0 Å². The Bertz CT molecular complexity index is 1290. The lowest BCUT2D eigenvalue weighted by Gasteiger charge is -2.28. The van der Waals surface area contributed by atoms with Gasteiger partial charge in [0.25, 0.3) is 5.91 Å². The summed E-state index contributed by atoms with van der Waals surface area (Å²) < 4.78 is 26.7. The van der Waals surface area contributed by atoms with Gasteiger partial charge in [-0.1, -0.05) is 24.3 Å². The fourth-order valence-electron chi connectivity index (χ4n) is 3.96. The molecule has 1 N–H and O–H groups in total. The number of ether oxygens (including phenoxy) is 2. The molecular weight excluding hydrogens is 453 g/mol. The van der Waals surface area contributed by atoms with Crippen molar-refractivity contribution in [1.29, 1.82) is 0 Å². The molecule has 2 aromatic heterocycles. The van der Waals surface area contributed by atoms with Crippen LogP contribution in [-0.2, 0) is 17.9 Å². The number of benzene rings is 2. The monoisotopic (exact) mass is 477 g/mol. The van der Waals surface area contributed by atoms with Gasteiger partial charge in [-0.25, -0.2) is 9.37 Å². The first-order chi connectivity index (χ1) is 16.7. The maximum atomic E-state index is 14.7. The number of nitrogens with zero attached hydrogens (tertiary/aromatic N) is 2. The normalized spacial score (nSPS) is 13.7. The second-order valence-electron chi connectivity index (χ2n) is 7.93. The molecule has 34 heavy (non-hydrogen) atoms. The van der Waals surface area contributed by atoms with Crippen LogP contribution >= 0.6 is 11.3 Å². The van der Waals surface area contributed by atoms with Crippen LogP contribution in [0.5, 0.6) is 5.75 Å². The van der Waals surface area contributed by atoms with Gasteiger partial charge >= 0.3 is 0 Å². The largest absolute Gasteiger partial charge is 0.489 e. The number of carbonyl (C=O) groups excluding carboxylic acids is 1. The fraction of sp³-hybridized carbons (Fsp3) is 0.231. The van der Waals surface area contributed by atoms with Crippen LogP contribution in [0, 0.1) is 5.82 Å². The Morgan fingerprint density at radius 1 is 1.12 bits per heavy atom. The van der Waals surface area contributed by atoms with Crippen LogP contribution < -0.4 is 15.0 Å². The van der Waals surface area contributed by atoms with E-state index in [0.717, 1.165) is 29.2 Å². The van der Waals surface area contributed by atoms with Crippen LogP contribution in [0.3, 0.4) is 0 Å². The number of amides is 1. The van der Waals surface area contributed by atoms with E-state index in [1.165, 1.54) is 17.4 Å². The van der Waals surface area contributed by atoms with E-state index < -0.39 is 0 Å². The maximum absolute atomic E-state index is 14.7. The van der Waals surface area contributed by atoms with E-state index in [4.69, 9.17) is 9.47 Å².